The average molecular weight is 295 g/mol. The number of rotatable bonds is 3. The first-order valence-electron chi connectivity index (χ1n) is 8.10. The van der Waals surface area contributed by atoms with Gasteiger partial charge in [0.1, 0.15) is 0 Å². The number of guanidine groups is 1. The number of amides is 1. The molecule has 1 atom stereocenters. The Labute approximate surface area is 128 Å². The lowest BCUT2D eigenvalue weighted by atomic mass is 10.2. The third-order valence-corrected chi connectivity index (χ3v) is 4.48. The lowest BCUT2D eigenvalue weighted by molar-refractivity contribution is -0.130. The summed E-state index contributed by atoms with van der Waals surface area (Å²) in [5.74, 6) is 1.17. The van der Waals surface area contributed by atoms with Crippen molar-refractivity contribution in [3.8, 4) is 0 Å². The predicted molar refractivity (Wildman–Crippen MR) is 85.5 cm³/mol. The Bertz CT molecular complexity index is 376. The van der Waals surface area contributed by atoms with Gasteiger partial charge in [-0.3, -0.25) is 9.79 Å². The maximum atomic E-state index is 11.4. The standard InChI is InChI=1S/C15H29N5O/c1-4-16-15(17-12-14-6-5-7-18(14)3)20-10-8-19(9-11-20)13(2)21/h14H,4-12H2,1-3H3,(H,16,17). The van der Waals surface area contributed by atoms with Gasteiger partial charge in [0.15, 0.2) is 5.96 Å². The Hall–Kier alpha value is -1.30. The molecule has 1 unspecified atom stereocenters. The van der Waals surface area contributed by atoms with Crippen molar-refractivity contribution in [3.05, 3.63) is 0 Å². The molecule has 2 heterocycles. The van der Waals surface area contributed by atoms with Gasteiger partial charge in [-0.05, 0) is 33.4 Å². The highest BCUT2D eigenvalue weighted by Gasteiger charge is 2.23. The van der Waals surface area contributed by atoms with Gasteiger partial charge < -0.3 is 20.0 Å². The summed E-state index contributed by atoms with van der Waals surface area (Å²) in [6.07, 6.45) is 2.53. The third-order valence-electron chi connectivity index (χ3n) is 4.48. The Morgan fingerprint density at radius 1 is 1.19 bits per heavy atom. The maximum absolute atomic E-state index is 11.4. The van der Waals surface area contributed by atoms with E-state index in [1.165, 1.54) is 19.4 Å². The van der Waals surface area contributed by atoms with E-state index in [4.69, 9.17) is 4.99 Å². The molecule has 2 fully saturated rings. The average Bonchev–Trinajstić information content (AvgIpc) is 2.89. The van der Waals surface area contributed by atoms with Gasteiger partial charge in [0.05, 0.1) is 6.54 Å². The number of hydrogen-bond donors (Lipinski definition) is 1. The van der Waals surface area contributed by atoms with Crippen molar-refractivity contribution in [2.24, 2.45) is 4.99 Å². The predicted octanol–water partition coefficient (Wildman–Crippen LogP) is 0.210. The van der Waals surface area contributed by atoms with Crippen molar-refractivity contribution in [1.29, 1.82) is 0 Å². The van der Waals surface area contributed by atoms with Crippen LogP contribution in [0.25, 0.3) is 0 Å². The summed E-state index contributed by atoms with van der Waals surface area (Å²) in [6.45, 7) is 10.0. The van der Waals surface area contributed by atoms with E-state index >= 15 is 0 Å². The second kappa shape index (κ2) is 7.64. The van der Waals surface area contributed by atoms with Gasteiger partial charge in [0.25, 0.3) is 0 Å². The van der Waals surface area contributed by atoms with Crippen LogP contribution in [0.5, 0.6) is 0 Å². The molecule has 0 radical (unpaired) electrons. The van der Waals surface area contributed by atoms with Crippen LogP contribution in [0, 0.1) is 0 Å². The molecule has 0 aromatic heterocycles. The minimum absolute atomic E-state index is 0.171. The second-order valence-corrected chi connectivity index (χ2v) is 5.96. The van der Waals surface area contributed by atoms with E-state index < -0.39 is 0 Å². The number of nitrogens with one attached hydrogen (secondary N) is 1. The molecule has 2 saturated heterocycles. The Kier molecular flexibility index (Phi) is 5.85. The maximum Gasteiger partial charge on any atom is 0.219 e. The Balaban J connectivity index is 1.90. The van der Waals surface area contributed by atoms with Gasteiger partial charge in [-0.15, -0.1) is 0 Å². The topological polar surface area (TPSA) is 51.2 Å². The quantitative estimate of drug-likeness (QED) is 0.597. The minimum Gasteiger partial charge on any atom is -0.357 e. The van der Waals surface area contributed by atoms with E-state index in [2.05, 4.69) is 29.1 Å². The van der Waals surface area contributed by atoms with Gasteiger partial charge in [0, 0.05) is 45.7 Å². The van der Waals surface area contributed by atoms with Crippen LogP contribution in [0.1, 0.15) is 26.7 Å². The van der Waals surface area contributed by atoms with Crippen molar-refractivity contribution in [1.82, 2.24) is 20.0 Å². The Morgan fingerprint density at radius 3 is 2.38 bits per heavy atom. The number of hydrogen-bond acceptors (Lipinski definition) is 3. The van der Waals surface area contributed by atoms with Crippen LogP contribution in [0.15, 0.2) is 4.99 Å². The highest BCUT2D eigenvalue weighted by Crippen LogP contribution is 2.15. The highest BCUT2D eigenvalue weighted by atomic mass is 16.2. The summed E-state index contributed by atoms with van der Waals surface area (Å²) in [6, 6.07) is 0.581. The molecule has 0 aliphatic carbocycles. The molecular weight excluding hydrogens is 266 g/mol. The number of aliphatic imine (C=N–C) groups is 1. The molecule has 120 valence electrons. The van der Waals surface area contributed by atoms with E-state index in [9.17, 15) is 4.79 Å². The van der Waals surface area contributed by atoms with Crippen molar-refractivity contribution < 1.29 is 4.79 Å². The summed E-state index contributed by atoms with van der Waals surface area (Å²) in [7, 11) is 2.19. The lowest BCUT2D eigenvalue weighted by Crippen LogP contribution is -2.53. The summed E-state index contributed by atoms with van der Waals surface area (Å²) >= 11 is 0. The van der Waals surface area contributed by atoms with Crippen LogP contribution in [-0.2, 0) is 4.79 Å². The van der Waals surface area contributed by atoms with Crippen molar-refractivity contribution in [2.45, 2.75) is 32.7 Å². The Morgan fingerprint density at radius 2 is 1.86 bits per heavy atom. The zero-order valence-corrected chi connectivity index (χ0v) is 13.6. The fourth-order valence-corrected chi connectivity index (χ4v) is 3.06. The second-order valence-electron chi connectivity index (χ2n) is 5.96. The number of nitrogens with zero attached hydrogens (tertiary/aromatic N) is 4. The molecule has 21 heavy (non-hydrogen) atoms. The summed E-state index contributed by atoms with van der Waals surface area (Å²) in [5, 5.41) is 3.39. The molecule has 0 spiro atoms. The van der Waals surface area contributed by atoms with Gasteiger partial charge in [-0.25, -0.2) is 0 Å². The van der Waals surface area contributed by atoms with Crippen LogP contribution in [0.3, 0.4) is 0 Å². The molecule has 2 rings (SSSR count). The fourth-order valence-electron chi connectivity index (χ4n) is 3.06. The van der Waals surface area contributed by atoms with Gasteiger partial charge in [-0.2, -0.15) is 0 Å². The third kappa shape index (κ3) is 4.33. The minimum atomic E-state index is 0.171. The molecule has 2 aliphatic heterocycles. The largest absolute Gasteiger partial charge is 0.357 e. The first-order valence-corrected chi connectivity index (χ1v) is 8.10. The number of piperazine rings is 1. The molecular formula is C15H29N5O. The smallest absolute Gasteiger partial charge is 0.219 e. The summed E-state index contributed by atoms with van der Waals surface area (Å²) < 4.78 is 0. The fraction of sp³-hybridized carbons (Fsp3) is 0.867. The number of carbonyl (C=O) groups excluding carboxylic acids is 1. The van der Waals surface area contributed by atoms with E-state index in [-0.39, 0.29) is 5.91 Å². The van der Waals surface area contributed by atoms with Gasteiger partial charge >= 0.3 is 0 Å². The molecule has 6 heteroatoms. The number of likely N-dealkylation sites (N-methyl/N-ethyl adjacent to an activating group) is 1. The zero-order chi connectivity index (χ0) is 15.2. The van der Waals surface area contributed by atoms with E-state index in [0.717, 1.165) is 45.2 Å². The zero-order valence-electron chi connectivity index (χ0n) is 13.6. The monoisotopic (exact) mass is 295 g/mol. The van der Waals surface area contributed by atoms with Gasteiger partial charge in [0.2, 0.25) is 5.91 Å². The normalized spacial score (nSPS) is 24.5. The van der Waals surface area contributed by atoms with Gasteiger partial charge in [-0.1, -0.05) is 0 Å². The SMILES string of the molecule is CCNC(=NCC1CCCN1C)N1CCN(C(C)=O)CC1. The van der Waals surface area contributed by atoms with Crippen LogP contribution in [0.2, 0.25) is 0 Å². The number of likely N-dealkylation sites (tertiary alicyclic amines) is 1. The summed E-state index contributed by atoms with van der Waals surface area (Å²) in [4.78, 5) is 22.8. The van der Waals surface area contributed by atoms with Crippen LogP contribution in [0.4, 0.5) is 0 Å². The van der Waals surface area contributed by atoms with Crippen LogP contribution >= 0.6 is 0 Å². The molecule has 0 bridgehead atoms. The lowest BCUT2D eigenvalue weighted by Gasteiger charge is -2.36. The van der Waals surface area contributed by atoms with Crippen molar-refractivity contribution >= 4 is 11.9 Å². The van der Waals surface area contributed by atoms with E-state index in [0.29, 0.717) is 6.04 Å². The highest BCUT2D eigenvalue weighted by molar-refractivity contribution is 5.80. The summed E-state index contributed by atoms with van der Waals surface area (Å²) in [5.41, 5.74) is 0. The molecule has 1 N–H and O–H groups in total. The van der Waals surface area contributed by atoms with Crippen LogP contribution < -0.4 is 5.32 Å². The van der Waals surface area contributed by atoms with Crippen molar-refractivity contribution in [3.63, 3.8) is 0 Å². The van der Waals surface area contributed by atoms with Crippen LogP contribution in [-0.4, -0.2) is 85.5 Å². The molecule has 0 aromatic rings. The molecule has 2 aliphatic rings. The first kappa shape index (κ1) is 16.1. The number of carbonyl (C=O) groups is 1. The molecule has 0 aromatic carbocycles. The molecule has 1 amide bonds. The van der Waals surface area contributed by atoms with E-state index in [1.807, 2.05) is 4.90 Å². The molecule has 0 saturated carbocycles. The first-order chi connectivity index (χ1) is 10.1. The van der Waals surface area contributed by atoms with Crippen molar-refractivity contribution in [2.75, 3.05) is 52.9 Å². The van der Waals surface area contributed by atoms with E-state index in [1.54, 1.807) is 6.92 Å². The molecule has 6 nitrogen and oxygen atoms in total.